The van der Waals surface area contributed by atoms with E-state index < -0.39 is 10.0 Å². The fraction of sp³-hybridized carbons (Fsp3) is 0. The molecule has 1 heterocycles. The predicted molar refractivity (Wildman–Crippen MR) is 56.0 cm³/mol. The van der Waals surface area contributed by atoms with E-state index in [1.54, 1.807) is 12.1 Å². The van der Waals surface area contributed by atoms with Gasteiger partial charge in [-0.3, -0.25) is 0 Å². The molecule has 0 aliphatic heterocycles. The Morgan fingerprint density at radius 2 is 2.14 bits per heavy atom. The second kappa shape index (κ2) is 3.16. The maximum atomic E-state index is 11.2. The molecule has 1 aromatic heterocycles. The van der Waals surface area contributed by atoms with Crippen molar-refractivity contribution in [2.45, 2.75) is 4.90 Å². The summed E-state index contributed by atoms with van der Waals surface area (Å²) in [5, 5.41) is 5.04. The zero-order valence-corrected chi connectivity index (χ0v) is 9.16. The lowest BCUT2D eigenvalue weighted by molar-refractivity contribution is 0.599. The first kappa shape index (κ1) is 9.85. The summed E-state index contributed by atoms with van der Waals surface area (Å²) in [6, 6.07) is 4.71. The van der Waals surface area contributed by atoms with Crippen LogP contribution in [0.4, 0.5) is 0 Å². The number of rotatable bonds is 1. The Bertz CT molecular complexity index is 591. The summed E-state index contributed by atoms with van der Waals surface area (Å²) in [5.74, 6) is 0. The number of fused-ring (bicyclic) bond motifs is 1. The number of hydrogen-bond acceptors (Lipinski definition) is 4. The molecule has 0 unspecified atom stereocenters. The van der Waals surface area contributed by atoms with Crippen LogP contribution in [0.1, 0.15) is 0 Å². The molecule has 74 valence electrons. The van der Waals surface area contributed by atoms with Crippen LogP contribution in [0.3, 0.4) is 0 Å². The van der Waals surface area contributed by atoms with E-state index in [2.05, 4.69) is 4.98 Å². The lowest BCUT2D eigenvalue weighted by Crippen LogP contribution is -2.11. The Morgan fingerprint density at radius 3 is 2.79 bits per heavy atom. The van der Waals surface area contributed by atoms with Crippen LogP contribution in [0.15, 0.2) is 23.1 Å². The molecule has 0 amide bonds. The second-order valence-corrected chi connectivity index (χ2v) is 5.73. The molecule has 1 aromatic carbocycles. The summed E-state index contributed by atoms with van der Waals surface area (Å²) in [5.41, 5.74) is 0.548. The van der Waals surface area contributed by atoms with E-state index in [0.29, 0.717) is 14.7 Å². The molecular formula is C7H5ClN2O2S2. The summed E-state index contributed by atoms with van der Waals surface area (Å²) < 4.78 is 23.1. The van der Waals surface area contributed by atoms with Gasteiger partial charge in [-0.15, -0.1) is 11.3 Å². The largest absolute Gasteiger partial charge is 0.239 e. The van der Waals surface area contributed by atoms with Gasteiger partial charge in [0, 0.05) is 0 Å². The Labute approximate surface area is 89.4 Å². The van der Waals surface area contributed by atoms with Crippen molar-refractivity contribution in [2.75, 3.05) is 0 Å². The highest BCUT2D eigenvalue weighted by Gasteiger charge is 2.14. The molecule has 0 aliphatic rings. The first-order chi connectivity index (χ1) is 6.48. The van der Waals surface area contributed by atoms with Crippen LogP contribution in [0.2, 0.25) is 4.47 Å². The molecule has 0 spiro atoms. The van der Waals surface area contributed by atoms with Gasteiger partial charge in [-0.1, -0.05) is 17.7 Å². The van der Waals surface area contributed by atoms with E-state index in [0.717, 1.165) is 11.3 Å². The van der Waals surface area contributed by atoms with Gasteiger partial charge < -0.3 is 0 Å². The average molecular weight is 249 g/mol. The maximum Gasteiger partial charge on any atom is 0.239 e. The first-order valence-electron chi connectivity index (χ1n) is 3.56. The van der Waals surface area contributed by atoms with Crippen molar-refractivity contribution in [1.29, 1.82) is 0 Å². The van der Waals surface area contributed by atoms with Gasteiger partial charge in [0.2, 0.25) is 10.0 Å². The highest BCUT2D eigenvalue weighted by molar-refractivity contribution is 7.89. The second-order valence-electron chi connectivity index (χ2n) is 2.62. The van der Waals surface area contributed by atoms with E-state index in [4.69, 9.17) is 16.7 Å². The number of primary sulfonamides is 1. The van der Waals surface area contributed by atoms with Crippen LogP contribution in [0, 0.1) is 0 Å². The molecular weight excluding hydrogens is 244 g/mol. The third kappa shape index (κ3) is 1.61. The fourth-order valence-electron chi connectivity index (χ4n) is 1.12. The molecule has 2 rings (SSSR count). The molecule has 0 bridgehead atoms. The maximum absolute atomic E-state index is 11.2. The van der Waals surface area contributed by atoms with Gasteiger partial charge in [0.1, 0.15) is 4.90 Å². The zero-order chi connectivity index (χ0) is 10.3. The van der Waals surface area contributed by atoms with Crippen molar-refractivity contribution < 1.29 is 8.42 Å². The molecule has 0 atom stereocenters. The molecule has 14 heavy (non-hydrogen) atoms. The van der Waals surface area contributed by atoms with Crippen LogP contribution in [-0.4, -0.2) is 13.4 Å². The number of nitrogens with two attached hydrogens (primary N) is 1. The third-order valence-electron chi connectivity index (χ3n) is 1.66. The molecule has 0 radical (unpaired) electrons. The van der Waals surface area contributed by atoms with Gasteiger partial charge in [-0.2, -0.15) is 0 Å². The summed E-state index contributed by atoms with van der Waals surface area (Å²) in [6.45, 7) is 0. The van der Waals surface area contributed by atoms with Crippen LogP contribution in [0.5, 0.6) is 0 Å². The summed E-state index contributed by atoms with van der Waals surface area (Å²) in [7, 11) is -3.70. The van der Waals surface area contributed by atoms with Gasteiger partial charge in [-0.05, 0) is 12.1 Å². The minimum atomic E-state index is -3.70. The minimum absolute atomic E-state index is 0.0689. The smallest absolute Gasteiger partial charge is 0.225 e. The summed E-state index contributed by atoms with van der Waals surface area (Å²) in [6.07, 6.45) is 0. The normalized spacial score (nSPS) is 12.1. The van der Waals surface area contributed by atoms with Gasteiger partial charge in [0.25, 0.3) is 0 Å². The van der Waals surface area contributed by atoms with Crippen molar-refractivity contribution >= 4 is 43.2 Å². The fourth-order valence-corrected chi connectivity index (χ4v) is 3.25. The molecule has 4 nitrogen and oxygen atoms in total. The van der Waals surface area contributed by atoms with Crippen LogP contribution in [-0.2, 0) is 10.0 Å². The number of nitrogens with zero attached hydrogens (tertiary/aromatic N) is 1. The van der Waals surface area contributed by atoms with Crippen LogP contribution < -0.4 is 5.14 Å². The van der Waals surface area contributed by atoms with Crippen molar-refractivity contribution in [1.82, 2.24) is 4.98 Å². The quantitative estimate of drug-likeness (QED) is 0.833. The van der Waals surface area contributed by atoms with Gasteiger partial charge in [-0.25, -0.2) is 18.5 Å². The minimum Gasteiger partial charge on any atom is -0.225 e. The molecule has 2 N–H and O–H groups in total. The van der Waals surface area contributed by atoms with Crippen LogP contribution >= 0.6 is 22.9 Å². The number of halogens is 1. The van der Waals surface area contributed by atoms with Crippen molar-refractivity contribution in [3.05, 3.63) is 22.7 Å². The first-order valence-corrected chi connectivity index (χ1v) is 6.30. The van der Waals surface area contributed by atoms with Crippen molar-refractivity contribution in [2.24, 2.45) is 5.14 Å². The van der Waals surface area contributed by atoms with Gasteiger partial charge in [0.15, 0.2) is 4.47 Å². The topological polar surface area (TPSA) is 73.1 Å². The molecule has 2 aromatic rings. The summed E-state index contributed by atoms with van der Waals surface area (Å²) >= 11 is 6.78. The molecule has 7 heteroatoms. The molecule has 0 fully saturated rings. The average Bonchev–Trinajstić information content (AvgIpc) is 2.41. The van der Waals surface area contributed by atoms with Gasteiger partial charge >= 0.3 is 0 Å². The van der Waals surface area contributed by atoms with E-state index in [9.17, 15) is 8.42 Å². The Morgan fingerprint density at radius 1 is 1.43 bits per heavy atom. The number of aromatic nitrogens is 1. The number of hydrogen-bond donors (Lipinski definition) is 1. The molecule has 0 saturated heterocycles. The Balaban J connectivity index is 2.90. The van der Waals surface area contributed by atoms with Gasteiger partial charge in [0.05, 0.1) is 10.2 Å². The number of benzene rings is 1. The highest BCUT2D eigenvalue weighted by Crippen LogP contribution is 2.30. The van der Waals surface area contributed by atoms with E-state index >= 15 is 0 Å². The van der Waals surface area contributed by atoms with Crippen molar-refractivity contribution in [3.8, 4) is 0 Å². The lowest BCUT2D eigenvalue weighted by Gasteiger charge is -1.97. The Hall–Kier alpha value is -0.690. The number of thiazole rings is 1. The monoisotopic (exact) mass is 248 g/mol. The Kier molecular flexibility index (Phi) is 2.23. The van der Waals surface area contributed by atoms with E-state index in [-0.39, 0.29) is 4.90 Å². The predicted octanol–water partition coefficient (Wildman–Crippen LogP) is 1.60. The molecule has 0 saturated carbocycles. The SMILES string of the molecule is NS(=O)(=O)c1cccc2nc(Cl)sc12. The van der Waals surface area contributed by atoms with Crippen molar-refractivity contribution in [3.63, 3.8) is 0 Å². The molecule has 0 aliphatic carbocycles. The van der Waals surface area contributed by atoms with E-state index in [1.165, 1.54) is 6.07 Å². The van der Waals surface area contributed by atoms with E-state index in [1.807, 2.05) is 0 Å². The highest BCUT2D eigenvalue weighted by atomic mass is 35.5. The van der Waals surface area contributed by atoms with Crippen LogP contribution in [0.25, 0.3) is 10.2 Å². The number of sulfonamides is 1. The zero-order valence-electron chi connectivity index (χ0n) is 6.77. The standard InChI is InChI=1S/C7H5ClN2O2S2/c8-7-10-4-2-1-3-5(6(4)13-7)14(9,11)12/h1-3H,(H2,9,11,12). The lowest BCUT2D eigenvalue weighted by atomic mass is 10.3. The third-order valence-corrected chi connectivity index (χ3v) is 3.95. The summed E-state index contributed by atoms with van der Waals surface area (Å²) in [4.78, 5) is 4.02.